The van der Waals surface area contributed by atoms with Crippen LogP contribution in [0.2, 0.25) is 0 Å². The van der Waals surface area contributed by atoms with E-state index in [0.717, 1.165) is 31.4 Å². The van der Waals surface area contributed by atoms with Crippen LogP contribution in [-0.4, -0.2) is 11.5 Å². The molecule has 0 heterocycles. The van der Waals surface area contributed by atoms with Gasteiger partial charge in [-0.05, 0) is 6.42 Å². The van der Waals surface area contributed by atoms with E-state index in [4.69, 9.17) is 4.74 Å². The third kappa shape index (κ3) is 3.84. The van der Waals surface area contributed by atoms with Crippen LogP contribution in [0.5, 0.6) is 5.75 Å². The fourth-order valence-corrected chi connectivity index (χ4v) is 1.28. The molecule has 1 aromatic carbocycles. The number of rotatable bonds is 6. The van der Waals surface area contributed by atoms with E-state index in [0.29, 0.717) is 6.61 Å². The Kier molecular flexibility index (Phi) is 4.69. The van der Waals surface area contributed by atoms with Crippen LogP contribution in [0.25, 0.3) is 0 Å². The molecule has 0 unspecified atom stereocenters. The zero-order chi connectivity index (χ0) is 12.0. The molecule has 0 amide bonds. The smallest absolute Gasteiger partial charge is 0.276 e. The quantitative estimate of drug-likeness (QED) is 0.425. The maximum absolute atomic E-state index is 13.0. The summed E-state index contributed by atoms with van der Waals surface area (Å²) in [7, 11) is 0. The summed E-state index contributed by atoms with van der Waals surface area (Å²) in [6.45, 7) is 2.52. The summed E-state index contributed by atoms with van der Waals surface area (Å²) in [6.07, 6.45) is 2.95. The van der Waals surface area contributed by atoms with Gasteiger partial charge in [-0.25, -0.2) is 4.39 Å². The lowest BCUT2D eigenvalue weighted by Gasteiger charge is -2.05. The number of unbranched alkanes of at least 4 members (excludes halogenated alkanes) is 2. The highest BCUT2D eigenvalue weighted by molar-refractivity contribution is 5.38. The molecule has 0 atom stereocenters. The normalized spacial score (nSPS) is 10.1. The predicted molar refractivity (Wildman–Crippen MR) is 58.1 cm³/mol. The SMILES string of the molecule is CCCCCOc1cc(F)cc([N+](=O)[O-])c1. The van der Waals surface area contributed by atoms with Gasteiger partial charge in [-0.3, -0.25) is 10.1 Å². The van der Waals surface area contributed by atoms with E-state index in [1.54, 1.807) is 0 Å². The molecule has 16 heavy (non-hydrogen) atoms. The molecule has 5 heteroatoms. The first kappa shape index (κ1) is 12.4. The number of halogens is 1. The van der Waals surface area contributed by atoms with Crippen molar-refractivity contribution in [3.05, 3.63) is 34.1 Å². The van der Waals surface area contributed by atoms with E-state index in [-0.39, 0.29) is 11.4 Å². The average Bonchev–Trinajstić information content (AvgIpc) is 2.23. The van der Waals surface area contributed by atoms with E-state index in [1.165, 1.54) is 6.07 Å². The lowest BCUT2D eigenvalue weighted by atomic mass is 10.2. The summed E-state index contributed by atoms with van der Waals surface area (Å²) in [5.74, 6) is -0.442. The Morgan fingerprint density at radius 1 is 1.38 bits per heavy atom. The number of nitro groups is 1. The molecular formula is C11H14FNO3. The lowest BCUT2D eigenvalue weighted by Crippen LogP contribution is -1.98. The molecule has 0 aliphatic rings. The van der Waals surface area contributed by atoms with Gasteiger partial charge in [0.2, 0.25) is 0 Å². The highest BCUT2D eigenvalue weighted by atomic mass is 19.1. The Balaban J connectivity index is 2.62. The standard InChI is InChI=1S/C11H14FNO3/c1-2-3-4-5-16-11-7-9(12)6-10(8-11)13(14)15/h6-8H,2-5H2,1H3. The molecule has 0 aliphatic heterocycles. The first-order valence-corrected chi connectivity index (χ1v) is 5.21. The van der Waals surface area contributed by atoms with Crippen LogP contribution in [0.15, 0.2) is 18.2 Å². The molecule has 0 saturated carbocycles. The van der Waals surface area contributed by atoms with E-state index in [9.17, 15) is 14.5 Å². The number of non-ortho nitro benzene ring substituents is 1. The van der Waals surface area contributed by atoms with Crippen molar-refractivity contribution in [2.45, 2.75) is 26.2 Å². The molecule has 1 aromatic rings. The maximum Gasteiger partial charge on any atom is 0.276 e. The molecule has 0 fully saturated rings. The largest absolute Gasteiger partial charge is 0.493 e. The fraction of sp³-hybridized carbons (Fsp3) is 0.455. The summed E-state index contributed by atoms with van der Waals surface area (Å²) in [5, 5.41) is 10.5. The summed E-state index contributed by atoms with van der Waals surface area (Å²) < 4.78 is 18.2. The Labute approximate surface area is 93.2 Å². The van der Waals surface area contributed by atoms with Gasteiger partial charge in [-0.2, -0.15) is 0 Å². The minimum absolute atomic E-state index is 0.211. The van der Waals surface area contributed by atoms with Crippen molar-refractivity contribution in [2.75, 3.05) is 6.61 Å². The van der Waals surface area contributed by atoms with Crippen LogP contribution >= 0.6 is 0 Å². The zero-order valence-electron chi connectivity index (χ0n) is 9.11. The van der Waals surface area contributed by atoms with Gasteiger partial charge in [0.1, 0.15) is 11.6 Å². The van der Waals surface area contributed by atoms with Crippen LogP contribution < -0.4 is 4.74 Å². The lowest BCUT2D eigenvalue weighted by molar-refractivity contribution is -0.385. The monoisotopic (exact) mass is 227 g/mol. The van der Waals surface area contributed by atoms with Crippen molar-refractivity contribution in [1.29, 1.82) is 0 Å². The predicted octanol–water partition coefficient (Wildman–Crippen LogP) is 3.30. The van der Waals surface area contributed by atoms with E-state index in [2.05, 4.69) is 6.92 Å². The average molecular weight is 227 g/mol. The van der Waals surface area contributed by atoms with Gasteiger partial charge in [0, 0.05) is 6.07 Å². The van der Waals surface area contributed by atoms with Crippen LogP contribution in [0, 0.1) is 15.9 Å². The highest BCUT2D eigenvalue weighted by Gasteiger charge is 2.10. The molecule has 0 radical (unpaired) electrons. The van der Waals surface area contributed by atoms with Crippen LogP contribution in [0.4, 0.5) is 10.1 Å². The second kappa shape index (κ2) is 6.05. The topological polar surface area (TPSA) is 52.4 Å². The van der Waals surface area contributed by atoms with Gasteiger partial charge in [0.05, 0.1) is 23.7 Å². The maximum atomic E-state index is 13.0. The van der Waals surface area contributed by atoms with Crippen molar-refractivity contribution in [3.63, 3.8) is 0 Å². The third-order valence-corrected chi connectivity index (χ3v) is 2.08. The van der Waals surface area contributed by atoms with Crippen molar-refractivity contribution in [1.82, 2.24) is 0 Å². The molecule has 0 N–H and O–H groups in total. The zero-order valence-corrected chi connectivity index (χ0v) is 9.11. The molecule has 0 saturated heterocycles. The van der Waals surface area contributed by atoms with Gasteiger partial charge in [0.15, 0.2) is 0 Å². The Bertz CT molecular complexity index is 368. The van der Waals surface area contributed by atoms with Gasteiger partial charge < -0.3 is 4.74 Å². The first-order valence-electron chi connectivity index (χ1n) is 5.21. The summed E-state index contributed by atoms with van der Waals surface area (Å²) in [4.78, 5) is 9.83. The van der Waals surface area contributed by atoms with Crippen molar-refractivity contribution in [3.8, 4) is 5.75 Å². The van der Waals surface area contributed by atoms with Gasteiger partial charge in [0.25, 0.3) is 5.69 Å². The second-order valence-electron chi connectivity index (χ2n) is 3.46. The Hall–Kier alpha value is -1.65. The van der Waals surface area contributed by atoms with Crippen molar-refractivity contribution >= 4 is 5.69 Å². The number of hydrogen-bond acceptors (Lipinski definition) is 3. The molecular weight excluding hydrogens is 213 g/mol. The molecule has 0 bridgehead atoms. The van der Waals surface area contributed by atoms with Crippen LogP contribution in [0.3, 0.4) is 0 Å². The molecule has 4 nitrogen and oxygen atoms in total. The summed E-state index contributed by atoms with van der Waals surface area (Å²) >= 11 is 0. The van der Waals surface area contributed by atoms with Crippen molar-refractivity contribution in [2.24, 2.45) is 0 Å². The number of nitrogens with zero attached hydrogens (tertiary/aromatic N) is 1. The van der Waals surface area contributed by atoms with Crippen LogP contribution in [-0.2, 0) is 0 Å². The van der Waals surface area contributed by atoms with Gasteiger partial charge in [-0.1, -0.05) is 19.8 Å². The molecule has 1 rings (SSSR count). The second-order valence-corrected chi connectivity index (χ2v) is 3.46. The molecule has 0 spiro atoms. The minimum Gasteiger partial charge on any atom is -0.493 e. The number of benzene rings is 1. The molecule has 0 aromatic heterocycles. The number of hydrogen-bond donors (Lipinski definition) is 0. The Morgan fingerprint density at radius 3 is 2.75 bits per heavy atom. The van der Waals surface area contributed by atoms with E-state index >= 15 is 0 Å². The summed E-state index contributed by atoms with van der Waals surface area (Å²) in [6, 6.07) is 3.26. The van der Waals surface area contributed by atoms with E-state index in [1.807, 2.05) is 0 Å². The summed E-state index contributed by atoms with van der Waals surface area (Å²) in [5.41, 5.74) is -0.287. The van der Waals surface area contributed by atoms with Crippen LogP contribution in [0.1, 0.15) is 26.2 Å². The van der Waals surface area contributed by atoms with Crippen molar-refractivity contribution < 1.29 is 14.1 Å². The first-order chi connectivity index (χ1) is 7.63. The van der Waals surface area contributed by atoms with Gasteiger partial charge >= 0.3 is 0 Å². The third-order valence-electron chi connectivity index (χ3n) is 2.08. The highest BCUT2D eigenvalue weighted by Crippen LogP contribution is 2.22. The fourth-order valence-electron chi connectivity index (χ4n) is 1.28. The number of nitro benzene ring substituents is 1. The Morgan fingerprint density at radius 2 is 2.12 bits per heavy atom. The number of ether oxygens (including phenoxy) is 1. The molecule has 88 valence electrons. The minimum atomic E-state index is -0.653. The van der Waals surface area contributed by atoms with E-state index < -0.39 is 10.7 Å². The van der Waals surface area contributed by atoms with Gasteiger partial charge in [-0.15, -0.1) is 0 Å². The molecule has 0 aliphatic carbocycles.